The Morgan fingerprint density at radius 2 is 2.06 bits per heavy atom. The maximum Gasteiger partial charge on any atom is 0.310 e. The highest BCUT2D eigenvalue weighted by molar-refractivity contribution is 5.97. The Morgan fingerprint density at radius 3 is 2.56 bits per heavy atom. The molecule has 0 unspecified atom stereocenters. The molecular weight excluding hydrogens is 208 g/mol. The molecule has 0 aromatic heterocycles. The van der Waals surface area contributed by atoms with Gasteiger partial charge in [-0.25, -0.2) is 0 Å². The van der Waals surface area contributed by atoms with Crippen LogP contribution in [0.15, 0.2) is 29.4 Å². The Bertz CT molecular complexity index is 385. The van der Waals surface area contributed by atoms with Gasteiger partial charge in [0.15, 0.2) is 5.84 Å². The largest absolute Gasteiger partial charge is 0.466 e. The second kappa shape index (κ2) is 5.75. The Labute approximate surface area is 93.5 Å². The monoisotopic (exact) mass is 222 g/mol. The molecule has 3 N–H and O–H groups in total. The summed E-state index contributed by atoms with van der Waals surface area (Å²) < 4.78 is 4.82. The fourth-order valence-electron chi connectivity index (χ4n) is 1.23. The summed E-state index contributed by atoms with van der Waals surface area (Å²) in [5.74, 6) is -0.221. The molecule has 5 heteroatoms. The number of ether oxygens (including phenoxy) is 1. The Morgan fingerprint density at radius 1 is 1.44 bits per heavy atom. The van der Waals surface area contributed by atoms with Gasteiger partial charge in [0.1, 0.15) is 0 Å². The van der Waals surface area contributed by atoms with Gasteiger partial charge in [0.2, 0.25) is 0 Å². The number of nitrogens with zero attached hydrogens (tertiary/aromatic N) is 1. The van der Waals surface area contributed by atoms with Crippen LogP contribution in [0, 0.1) is 0 Å². The van der Waals surface area contributed by atoms with Gasteiger partial charge in [0.25, 0.3) is 0 Å². The zero-order valence-electron chi connectivity index (χ0n) is 9.01. The molecule has 0 atom stereocenters. The first kappa shape index (κ1) is 12.0. The van der Waals surface area contributed by atoms with Gasteiger partial charge in [0.05, 0.1) is 13.0 Å². The summed E-state index contributed by atoms with van der Waals surface area (Å²) in [7, 11) is 0. The predicted molar refractivity (Wildman–Crippen MR) is 59.3 cm³/mol. The van der Waals surface area contributed by atoms with E-state index in [4.69, 9.17) is 15.7 Å². The number of oxime groups is 1. The van der Waals surface area contributed by atoms with E-state index in [9.17, 15) is 4.79 Å². The smallest absolute Gasteiger partial charge is 0.310 e. The van der Waals surface area contributed by atoms with Gasteiger partial charge in [-0.1, -0.05) is 29.4 Å². The molecule has 16 heavy (non-hydrogen) atoms. The number of hydrogen-bond acceptors (Lipinski definition) is 4. The van der Waals surface area contributed by atoms with Gasteiger partial charge in [0, 0.05) is 5.56 Å². The third-order valence-electron chi connectivity index (χ3n) is 2.01. The first-order chi connectivity index (χ1) is 7.67. The Hall–Kier alpha value is -2.04. The van der Waals surface area contributed by atoms with Crippen LogP contribution in [-0.4, -0.2) is 23.6 Å². The van der Waals surface area contributed by atoms with Crippen LogP contribution in [0.1, 0.15) is 18.1 Å². The highest BCUT2D eigenvalue weighted by Crippen LogP contribution is 2.05. The van der Waals surface area contributed by atoms with Crippen molar-refractivity contribution in [1.29, 1.82) is 0 Å². The number of rotatable bonds is 4. The molecule has 1 rings (SSSR count). The van der Waals surface area contributed by atoms with Crippen molar-refractivity contribution >= 4 is 11.8 Å². The van der Waals surface area contributed by atoms with Crippen LogP contribution in [0.25, 0.3) is 0 Å². The summed E-state index contributed by atoms with van der Waals surface area (Å²) in [5, 5.41) is 11.3. The van der Waals surface area contributed by atoms with E-state index in [0.29, 0.717) is 12.2 Å². The highest BCUT2D eigenvalue weighted by atomic mass is 16.5. The first-order valence-corrected chi connectivity index (χ1v) is 4.89. The summed E-state index contributed by atoms with van der Waals surface area (Å²) in [4.78, 5) is 11.2. The SMILES string of the molecule is CCOC(=O)Cc1ccc(/C(N)=N/O)cc1. The van der Waals surface area contributed by atoms with Crippen LogP contribution < -0.4 is 5.73 Å². The van der Waals surface area contributed by atoms with Crippen molar-refractivity contribution in [3.8, 4) is 0 Å². The molecule has 0 aliphatic heterocycles. The zero-order valence-corrected chi connectivity index (χ0v) is 9.01. The van der Waals surface area contributed by atoms with Gasteiger partial charge in [-0.05, 0) is 12.5 Å². The molecule has 0 saturated heterocycles. The van der Waals surface area contributed by atoms with Crippen LogP contribution in [0.4, 0.5) is 0 Å². The molecule has 0 amide bonds. The van der Waals surface area contributed by atoms with Gasteiger partial charge < -0.3 is 15.7 Å². The average molecular weight is 222 g/mol. The molecule has 0 heterocycles. The molecule has 86 valence electrons. The van der Waals surface area contributed by atoms with E-state index in [0.717, 1.165) is 5.56 Å². The molecule has 0 saturated carbocycles. The number of hydrogen-bond donors (Lipinski definition) is 2. The van der Waals surface area contributed by atoms with Crippen LogP contribution >= 0.6 is 0 Å². The summed E-state index contributed by atoms with van der Waals surface area (Å²) in [6.07, 6.45) is 0.226. The normalized spacial score (nSPS) is 11.2. The number of amidine groups is 1. The molecule has 1 aromatic carbocycles. The number of esters is 1. The second-order valence-corrected chi connectivity index (χ2v) is 3.16. The van der Waals surface area contributed by atoms with E-state index in [-0.39, 0.29) is 18.2 Å². The summed E-state index contributed by atoms with van der Waals surface area (Å²) >= 11 is 0. The lowest BCUT2D eigenvalue weighted by atomic mass is 10.1. The van der Waals surface area contributed by atoms with Crippen LogP contribution in [0.3, 0.4) is 0 Å². The maximum atomic E-state index is 11.2. The van der Waals surface area contributed by atoms with Crippen LogP contribution in [0.5, 0.6) is 0 Å². The van der Waals surface area contributed by atoms with E-state index < -0.39 is 0 Å². The zero-order chi connectivity index (χ0) is 12.0. The van der Waals surface area contributed by atoms with Crippen molar-refractivity contribution in [3.63, 3.8) is 0 Å². The molecular formula is C11H14N2O3. The van der Waals surface area contributed by atoms with Crippen molar-refractivity contribution in [1.82, 2.24) is 0 Å². The van der Waals surface area contributed by atoms with Crippen molar-refractivity contribution in [3.05, 3.63) is 35.4 Å². The Kier molecular flexibility index (Phi) is 4.32. The molecule has 0 radical (unpaired) electrons. The lowest BCUT2D eigenvalue weighted by Crippen LogP contribution is -2.13. The molecule has 5 nitrogen and oxygen atoms in total. The highest BCUT2D eigenvalue weighted by Gasteiger charge is 2.04. The maximum absolute atomic E-state index is 11.2. The van der Waals surface area contributed by atoms with Gasteiger partial charge in [-0.3, -0.25) is 4.79 Å². The minimum Gasteiger partial charge on any atom is -0.466 e. The van der Waals surface area contributed by atoms with E-state index in [1.807, 2.05) is 0 Å². The Balaban J connectivity index is 2.68. The second-order valence-electron chi connectivity index (χ2n) is 3.16. The minimum atomic E-state index is -0.265. The fraction of sp³-hybridized carbons (Fsp3) is 0.273. The van der Waals surface area contributed by atoms with Gasteiger partial charge >= 0.3 is 5.97 Å². The molecule has 0 bridgehead atoms. The number of carbonyl (C=O) groups excluding carboxylic acids is 1. The predicted octanol–water partition coefficient (Wildman–Crippen LogP) is 0.887. The summed E-state index contributed by atoms with van der Waals surface area (Å²) in [6, 6.07) is 6.85. The molecule has 0 spiro atoms. The van der Waals surface area contributed by atoms with Crippen molar-refractivity contribution in [2.24, 2.45) is 10.9 Å². The number of benzene rings is 1. The number of nitrogens with two attached hydrogens (primary N) is 1. The average Bonchev–Trinajstić information content (AvgIpc) is 2.29. The van der Waals surface area contributed by atoms with Crippen LogP contribution in [-0.2, 0) is 16.0 Å². The summed E-state index contributed by atoms with van der Waals surface area (Å²) in [6.45, 7) is 2.14. The van der Waals surface area contributed by atoms with E-state index in [2.05, 4.69) is 5.16 Å². The number of carbonyl (C=O) groups is 1. The standard InChI is InChI=1S/C11H14N2O3/c1-2-16-10(14)7-8-3-5-9(6-4-8)11(12)13-15/h3-6,15H,2,7H2,1H3,(H2,12,13). The topological polar surface area (TPSA) is 84.9 Å². The molecule has 0 aliphatic carbocycles. The quantitative estimate of drug-likeness (QED) is 0.260. The van der Waals surface area contributed by atoms with Crippen molar-refractivity contribution in [2.75, 3.05) is 6.61 Å². The summed E-state index contributed by atoms with van der Waals surface area (Å²) in [5.41, 5.74) is 6.84. The fourth-order valence-corrected chi connectivity index (χ4v) is 1.23. The van der Waals surface area contributed by atoms with Crippen molar-refractivity contribution < 1.29 is 14.7 Å². The lowest BCUT2D eigenvalue weighted by molar-refractivity contribution is -0.142. The molecule has 0 aliphatic rings. The van der Waals surface area contributed by atoms with E-state index in [1.54, 1.807) is 31.2 Å². The lowest BCUT2D eigenvalue weighted by Gasteiger charge is -2.03. The van der Waals surface area contributed by atoms with Gasteiger partial charge in [-0.15, -0.1) is 0 Å². The third-order valence-corrected chi connectivity index (χ3v) is 2.01. The van der Waals surface area contributed by atoms with E-state index in [1.165, 1.54) is 0 Å². The molecule has 0 fully saturated rings. The molecule has 1 aromatic rings. The van der Waals surface area contributed by atoms with Gasteiger partial charge in [-0.2, -0.15) is 0 Å². The third kappa shape index (κ3) is 3.27. The first-order valence-electron chi connectivity index (χ1n) is 4.89. The van der Waals surface area contributed by atoms with E-state index >= 15 is 0 Å². The van der Waals surface area contributed by atoms with Crippen LogP contribution in [0.2, 0.25) is 0 Å². The minimum absolute atomic E-state index is 0.0442. The van der Waals surface area contributed by atoms with Crippen molar-refractivity contribution in [2.45, 2.75) is 13.3 Å².